The lowest BCUT2D eigenvalue weighted by atomic mass is 10.0. The number of rotatable bonds is 17. The molecule has 0 aliphatic heterocycles. The number of thioether (sulfide) groups is 2. The molecule has 11 nitrogen and oxygen atoms in total. The number of aromatic nitrogens is 2. The molecular weight excluding hydrogens is 528 g/mol. The molecule has 0 saturated carbocycles. The fraction of sp³-hybridized carbons (Fsp3) is 0.480. The monoisotopic (exact) mass is 564 g/mol. The molecule has 4 atom stereocenters. The van der Waals surface area contributed by atoms with Gasteiger partial charge in [-0.3, -0.25) is 14.4 Å². The molecule has 208 valence electrons. The van der Waals surface area contributed by atoms with Crippen molar-refractivity contribution in [3.63, 3.8) is 0 Å². The molecule has 0 saturated heterocycles. The van der Waals surface area contributed by atoms with Crippen LogP contribution in [0.15, 0.2) is 42.9 Å². The summed E-state index contributed by atoms with van der Waals surface area (Å²) in [6.07, 6.45) is 7.62. The number of benzene rings is 1. The van der Waals surface area contributed by atoms with Crippen LogP contribution in [0.2, 0.25) is 0 Å². The Hall–Kier alpha value is -3.03. The highest BCUT2D eigenvalue weighted by molar-refractivity contribution is 7.98. The summed E-state index contributed by atoms with van der Waals surface area (Å²) < 4.78 is 0. The molecule has 0 radical (unpaired) electrons. The van der Waals surface area contributed by atoms with Crippen LogP contribution < -0.4 is 21.7 Å². The predicted molar refractivity (Wildman–Crippen MR) is 150 cm³/mol. The van der Waals surface area contributed by atoms with E-state index in [2.05, 4.69) is 25.9 Å². The molecule has 0 aliphatic carbocycles. The van der Waals surface area contributed by atoms with Crippen LogP contribution >= 0.6 is 23.5 Å². The molecule has 1 aromatic carbocycles. The second kappa shape index (κ2) is 16.7. The van der Waals surface area contributed by atoms with E-state index in [1.54, 1.807) is 11.8 Å². The molecule has 0 bridgehead atoms. The number of amides is 3. The Labute approximate surface area is 230 Å². The minimum Gasteiger partial charge on any atom is -0.480 e. The van der Waals surface area contributed by atoms with Crippen LogP contribution in [0.5, 0.6) is 0 Å². The minimum absolute atomic E-state index is 0.00485. The van der Waals surface area contributed by atoms with Gasteiger partial charge in [0.2, 0.25) is 17.7 Å². The van der Waals surface area contributed by atoms with E-state index in [1.165, 1.54) is 24.3 Å². The summed E-state index contributed by atoms with van der Waals surface area (Å²) in [6, 6.07) is 5.21. The summed E-state index contributed by atoms with van der Waals surface area (Å²) in [5, 5.41) is 17.6. The highest BCUT2D eigenvalue weighted by atomic mass is 32.2. The second-order valence-electron chi connectivity index (χ2n) is 8.66. The number of aromatic amines is 1. The lowest BCUT2D eigenvalue weighted by Gasteiger charge is -2.25. The van der Waals surface area contributed by atoms with Gasteiger partial charge in [0.1, 0.15) is 18.1 Å². The van der Waals surface area contributed by atoms with Crippen LogP contribution in [0, 0.1) is 0 Å². The highest BCUT2D eigenvalue weighted by Gasteiger charge is 2.30. The summed E-state index contributed by atoms with van der Waals surface area (Å²) in [4.78, 5) is 57.7. The highest BCUT2D eigenvalue weighted by Crippen LogP contribution is 2.08. The maximum atomic E-state index is 13.4. The Bertz CT molecular complexity index is 1020. The lowest BCUT2D eigenvalue weighted by Crippen LogP contribution is -2.58. The third-order valence-corrected chi connectivity index (χ3v) is 7.01. The van der Waals surface area contributed by atoms with Gasteiger partial charge in [-0.2, -0.15) is 23.5 Å². The second-order valence-corrected chi connectivity index (χ2v) is 10.6. The molecular formula is C25H36N6O5S2. The molecule has 38 heavy (non-hydrogen) atoms. The first-order chi connectivity index (χ1) is 18.2. The van der Waals surface area contributed by atoms with Crippen LogP contribution in [0.3, 0.4) is 0 Å². The van der Waals surface area contributed by atoms with Gasteiger partial charge in [0, 0.05) is 24.7 Å². The summed E-state index contributed by atoms with van der Waals surface area (Å²) in [5.74, 6) is -1.60. The topological polar surface area (TPSA) is 179 Å². The number of nitrogens with one attached hydrogen (secondary N) is 4. The molecule has 7 N–H and O–H groups in total. The van der Waals surface area contributed by atoms with Gasteiger partial charge >= 0.3 is 5.97 Å². The summed E-state index contributed by atoms with van der Waals surface area (Å²) in [7, 11) is 0. The van der Waals surface area contributed by atoms with Gasteiger partial charge in [0.15, 0.2) is 0 Å². The first-order valence-corrected chi connectivity index (χ1v) is 14.9. The number of carboxylic acid groups (broad SMARTS) is 1. The van der Waals surface area contributed by atoms with Crippen molar-refractivity contribution in [2.45, 2.75) is 49.9 Å². The first kappa shape index (κ1) is 31.2. The molecule has 0 spiro atoms. The van der Waals surface area contributed by atoms with Crippen molar-refractivity contribution in [1.82, 2.24) is 25.9 Å². The number of hydrogen-bond donors (Lipinski definition) is 6. The van der Waals surface area contributed by atoms with Crippen molar-refractivity contribution in [2.24, 2.45) is 5.73 Å². The first-order valence-electron chi connectivity index (χ1n) is 12.1. The van der Waals surface area contributed by atoms with Crippen LogP contribution in [0.25, 0.3) is 0 Å². The van der Waals surface area contributed by atoms with Crippen LogP contribution in [0.4, 0.5) is 0 Å². The number of nitrogens with two attached hydrogens (primary N) is 1. The van der Waals surface area contributed by atoms with E-state index in [0.717, 1.165) is 5.56 Å². The van der Waals surface area contributed by atoms with Crippen molar-refractivity contribution in [3.8, 4) is 0 Å². The fourth-order valence-corrected chi connectivity index (χ4v) is 4.54. The molecule has 4 unspecified atom stereocenters. The SMILES string of the molecule is CSCCC(N)C(=O)NC(Cc1ccccc1)C(=O)NC(CCSC)C(=O)NC(Cc1cnc[nH]1)C(=O)O. The van der Waals surface area contributed by atoms with Gasteiger partial charge < -0.3 is 31.8 Å². The Morgan fingerprint density at radius 2 is 1.50 bits per heavy atom. The smallest absolute Gasteiger partial charge is 0.326 e. The molecule has 2 rings (SSSR count). The van der Waals surface area contributed by atoms with Crippen molar-refractivity contribution < 1.29 is 24.3 Å². The Kier molecular flexibility index (Phi) is 13.7. The van der Waals surface area contributed by atoms with E-state index < -0.39 is 47.9 Å². The molecule has 13 heteroatoms. The Balaban J connectivity index is 2.17. The van der Waals surface area contributed by atoms with Gasteiger partial charge in [-0.05, 0) is 42.4 Å². The van der Waals surface area contributed by atoms with Gasteiger partial charge in [0.25, 0.3) is 0 Å². The van der Waals surface area contributed by atoms with Crippen molar-refractivity contribution in [3.05, 3.63) is 54.1 Å². The Morgan fingerprint density at radius 3 is 2.11 bits per heavy atom. The summed E-state index contributed by atoms with van der Waals surface area (Å²) >= 11 is 3.06. The maximum Gasteiger partial charge on any atom is 0.326 e. The molecule has 1 aromatic heterocycles. The molecule has 0 fully saturated rings. The van der Waals surface area contributed by atoms with E-state index >= 15 is 0 Å². The van der Waals surface area contributed by atoms with E-state index in [4.69, 9.17) is 5.73 Å². The fourth-order valence-electron chi connectivity index (χ4n) is 3.58. The van der Waals surface area contributed by atoms with Gasteiger partial charge in [-0.25, -0.2) is 9.78 Å². The predicted octanol–water partition coefficient (Wildman–Crippen LogP) is 0.567. The van der Waals surface area contributed by atoms with Gasteiger partial charge in [-0.1, -0.05) is 30.3 Å². The van der Waals surface area contributed by atoms with Crippen LogP contribution in [-0.2, 0) is 32.0 Å². The third kappa shape index (κ3) is 10.8. The zero-order valence-electron chi connectivity index (χ0n) is 21.5. The zero-order chi connectivity index (χ0) is 27.9. The number of hydrogen-bond acceptors (Lipinski definition) is 8. The standard InChI is InChI=1S/C25H36N6O5S2/c1-37-10-8-18(26)22(32)30-20(12-16-6-4-3-5-7-16)24(34)29-19(9-11-38-2)23(33)31-21(25(35)36)13-17-14-27-15-28-17/h3-7,14-15,18-21H,8-13,26H2,1-2H3,(H,27,28)(H,29,34)(H,30,32)(H,31,33)(H,35,36). The summed E-state index contributed by atoms with van der Waals surface area (Å²) in [6.45, 7) is 0. The summed E-state index contributed by atoms with van der Waals surface area (Å²) in [5.41, 5.74) is 7.38. The molecule has 0 aliphatic rings. The van der Waals surface area contributed by atoms with Gasteiger partial charge in [-0.15, -0.1) is 0 Å². The molecule has 3 amide bonds. The van der Waals surface area contributed by atoms with E-state index in [1.807, 2.05) is 42.8 Å². The Morgan fingerprint density at radius 1 is 0.895 bits per heavy atom. The average molecular weight is 565 g/mol. The normalized spacial score (nSPS) is 14.1. The zero-order valence-corrected chi connectivity index (χ0v) is 23.1. The quantitative estimate of drug-likeness (QED) is 0.160. The maximum absolute atomic E-state index is 13.4. The number of carbonyl (C=O) groups is 4. The third-order valence-electron chi connectivity index (χ3n) is 5.72. The molecule has 2 aromatic rings. The largest absolute Gasteiger partial charge is 0.480 e. The van der Waals surface area contributed by atoms with E-state index in [-0.39, 0.29) is 19.3 Å². The van der Waals surface area contributed by atoms with Crippen molar-refractivity contribution in [1.29, 1.82) is 0 Å². The molecule has 1 heterocycles. The number of carbonyl (C=O) groups excluding carboxylic acids is 3. The van der Waals surface area contributed by atoms with E-state index in [9.17, 15) is 24.3 Å². The number of aliphatic carboxylic acids is 1. The van der Waals surface area contributed by atoms with E-state index in [0.29, 0.717) is 23.6 Å². The van der Waals surface area contributed by atoms with Crippen molar-refractivity contribution in [2.75, 3.05) is 24.0 Å². The average Bonchev–Trinajstić information content (AvgIpc) is 3.42. The van der Waals surface area contributed by atoms with Crippen LogP contribution in [-0.4, -0.2) is 86.9 Å². The van der Waals surface area contributed by atoms with Gasteiger partial charge in [0.05, 0.1) is 12.4 Å². The van der Waals surface area contributed by atoms with Crippen LogP contribution in [0.1, 0.15) is 24.1 Å². The minimum atomic E-state index is -1.22. The number of imidazole rings is 1. The van der Waals surface area contributed by atoms with Crippen molar-refractivity contribution >= 4 is 47.2 Å². The number of nitrogens with zero attached hydrogens (tertiary/aromatic N) is 1. The lowest BCUT2D eigenvalue weighted by molar-refractivity contribution is -0.142. The number of H-pyrrole nitrogens is 1. The number of carboxylic acids is 1.